The van der Waals surface area contributed by atoms with Crippen molar-refractivity contribution in [1.29, 1.82) is 0 Å². The fourth-order valence-electron chi connectivity index (χ4n) is 1.69. The molecular weight excluding hydrogens is 267 g/mol. The summed E-state index contributed by atoms with van der Waals surface area (Å²) in [6, 6.07) is 6.68. The van der Waals surface area contributed by atoms with Gasteiger partial charge in [-0.25, -0.2) is 4.39 Å². The Labute approximate surface area is 120 Å². The maximum absolute atomic E-state index is 13.4. The topological polar surface area (TPSA) is 55.1 Å². The summed E-state index contributed by atoms with van der Waals surface area (Å²) in [5.41, 5.74) is 6.02. The summed E-state index contributed by atoms with van der Waals surface area (Å²) in [7, 11) is 0. The number of carbonyl (C=O) groups excluding carboxylic acids is 1. The molecule has 1 unspecified atom stereocenters. The van der Waals surface area contributed by atoms with Gasteiger partial charge in [-0.15, -0.1) is 12.4 Å². The number of nitrogens with one attached hydrogen (secondary N) is 1. The van der Waals surface area contributed by atoms with Crippen LogP contribution in [0.15, 0.2) is 24.3 Å². The molecule has 1 aromatic carbocycles. The average Bonchev–Trinajstić information content (AvgIpc) is 2.37. The van der Waals surface area contributed by atoms with E-state index in [9.17, 15) is 9.18 Å². The molecular formula is C14H22ClFN2O. The molecule has 0 aromatic heterocycles. The molecule has 0 aliphatic rings. The second-order valence-corrected chi connectivity index (χ2v) is 4.46. The van der Waals surface area contributed by atoms with Crippen molar-refractivity contribution < 1.29 is 9.18 Å². The van der Waals surface area contributed by atoms with Crippen LogP contribution in [0.1, 0.15) is 25.3 Å². The number of carbonyl (C=O) groups is 1. The number of hydrogen-bond acceptors (Lipinski definition) is 2. The van der Waals surface area contributed by atoms with E-state index < -0.39 is 0 Å². The van der Waals surface area contributed by atoms with E-state index in [4.69, 9.17) is 5.73 Å². The maximum Gasteiger partial charge on any atom is 0.222 e. The molecule has 1 atom stereocenters. The number of nitrogens with two attached hydrogens (primary N) is 1. The second-order valence-electron chi connectivity index (χ2n) is 4.46. The third-order valence-corrected chi connectivity index (χ3v) is 2.93. The van der Waals surface area contributed by atoms with E-state index in [-0.39, 0.29) is 30.0 Å². The van der Waals surface area contributed by atoms with Gasteiger partial charge in [0.25, 0.3) is 0 Å². The van der Waals surface area contributed by atoms with Crippen molar-refractivity contribution in [2.24, 2.45) is 11.7 Å². The first kappa shape index (κ1) is 17.9. The van der Waals surface area contributed by atoms with Gasteiger partial charge in [0.2, 0.25) is 5.91 Å². The molecule has 0 fully saturated rings. The Morgan fingerprint density at radius 1 is 1.42 bits per heavy atom. The van der Waals surface area contributed by atoms with Crippen LogP contribution in [0, 0.1) is 11.7 Å². The van der Waals surface area contributed by atoms with Gasteiger partial charge >= 0.3 is 0 Å². The molecule has 1 aromatic rings. The van der Waals surface area contributed by atoms with Crippen LogP contribution in [0.25, 0.3) is 0 Å². The molecule has 3 N–H and O–H groups in total. The predicted octanol–water partition coefficient (Wildman–Crippen LogP) is 2.28. The smallest absolute Gasteiger partial charge is 0.222 e. The van der Waals surface area contributed by atoms with Crippen molar-refractivity contribution in [3.8, 4) is 0 Å². The molecule has 3 nitrogen and oxygen atoms in total. The number of amides is 1. The molecule has 108 valence electrons. The van der Waals surface area contributed by atoms with Crippen LogP contribution in [0.4, 0.5) is 4.39 Å². The van der Waals surface area contributed by atoms with Gasteiger partial charge in [-0.1, -0.05) is 25.1 Å². The van der Waals surface area contributed by atoms with Crippen LogP contribution < -0.4 is 11.1 Å². The predicted molar refractivity (Wildman–Crippen MR) is 77.8 cm³/mol. The van der Waals surface area contributed by atoms with E-state index in [2.05, 4.69) is 5.32 Å². The van der Waals surface area contributed by atoms with E-state index >= 15 is 0 Å². The number of halogens is 2. The minimum absolute atomic E-state index is 0. The highest BCUT2D eigenvalue weighted by Gasteiger charge is 2.12. The van der Waals surface area contributed by atoms with Crippen LogP contribution in [0.2, 0.25) is 0 Å². The van der Waals surface area contributed by atoms with Gasteiger partial charge in [0.15, 0.2) is 0 Å². The molecule has 0 heterocycles. The van der Waals surface area contributed by atoms with E-state index in [0.717, 1.165) is 6.42 Å². The van der Waals surface area contributed by atoms with Gasteiger partial charge in [-0.2, -0.15) is 0 Å². The summed E-state index contributed by atoms with van der Waals surface area (Å²) in [6.45, 7) is 3.04. The standard InChI is InChI=1S/C14H21FN2O.ClH/c1-11(14(18)17-10-4-9-16)7-8-12-5-2-3-6-13(12)15;/h2-3,5-6,11H,4,7-10,16H2,1H3,(H,17,18);1H. The molecule has 0 saturated heterocycles. The fraction of sp³-hybridized carbons (Fsp3) is 0.500. The van der Waals surface area contributed by atoms with Gasteiger partial charge in [0.1, 0.15) is 5.82 Å². The molecule has 5 heteroatoms. The summed E-state index contributed by atoms with van der Waals surface area (Å²) in [5, 5.41) is 2.82. The summed E-state index contributed by atoms with van der Waals surface area (Å²) < 4.78 is 13.4. The van der Waals surface area contributed by atoms with Crippen molar-refractivity contribution in [2.45, 2.75) is 26.2 Å². The van der Waals surface area contributed by atoms with Crippen molar-refractivity contribution in [3.05, 3.63) is 35.6 Å². The molecule has 0 aliphatic carbocycles. The maximum atomic E-state index is 13.4. The van der Waals surface area contributed by atoms with E-state index in [1.54, 1.807) is 12.1 Å². The molecule has 0 bridgehead atoms. The lowest BCUT2D eigenvalue weighted by Gasteiger charge is -2.12. The Morgan fingerprint density at radius 3 is 2.74 bits per heavy atom. The lowest BCUT2D eigenvalue weighted by Crippen LogP contribution is -2.31. The lowest BCUT2D eigenvalue weighted by atomic mass is 10.00. The number of benzene rings is 1. The van der Waals surface area contributed by atoms with E-state index in [1.807, 2.05) is 13.0 Å². The molecule has 0 radical (unpaired) electrons. The summed E-state index contributed by atoms with van der Waals surface area (Å²) in [5.74, 6) is -0.296. The lowest BCUT2D eigenvalue weighted by molar-refractivity contribution is -0.124. The van der Waals surface area contributed by atoms with Crippen LogP contribution in [-0.4, -0.2) is 19.0 Å². The quantitative estimate of drug-likeness (QED) is 0.756. The van der Waals surface area contributed by atoms with Crippen LogP contribution in [-0.2, 0) is 11.2 Å². The van der Waals surface area contributed by atoms with Crippen LogP contribution in [0.3, 0.4) is 0 Å². The largest absolute Gasteiger partial charge is 0.356 e. The Bertz CT molecular complexity index is 387. The van der Waals surface area contributed by atoms with Crippen molar-refractivity contribution in [2.75, 3.05) is 13.1 Å². The third kappa shape index (κ3) is 6.55. The van der Waals surface area contributed by atoms with Crippen LogP contribution in [0.5, 0.6) is 0 Å². The first-order valence-corrected chi connectivity index (χ1v) is 6.36. The zero-order valence-electron chi connectivity index (χ0n) is 11.2. The number of rotatable bonds is 7. The fourth-order valence-corrected chi connectivity index (χ4v) is 1.69. The van der Waals surface area contributed by atoms with Crippen molar-refractivity contribution in [1.82, 2.24) is 5.32 Å². The van der Waals surface area contributed by atoms with Gasteiger partial charge in [0, 0.05) is 12.5 Å². The SMILES string of the molecule is CC(CCc1ccccc1F)C(=O)NCCCN.Cl. The molecule has 19 heavy (non-hydrogen) atoms. The van der Waals surface area contributed by atoms with Gasteiger partial charge in [0.05, 0.1) is 0 Å². The first-order valence-electron chi connectivity index (χ1n) is 6.36. The zero-order valence-corrected chi connectivity index (χ0v) is 12.0. The molecule has 0 spiro atoms. The summed E-state index contributed by atoms with van der Waals surface area (Å²) in [4.78, 5) is 11.7. The first-order chi connectivity index (χ1) is 8.65. The zero-order chi connectivity index (χ0) is 13.4. The highest BCUT2D eigenvalue weighted by molar-refractivity contribution is 5.85. The Balaban J connectivity index is 0.00000324. The number of hydrogen-bond donors (Lipinski definition) is 2. The molecule has 0 aliphatic heterocycles. The number of aryl methyl sites for hydroxylation is 1. The van der Waals surface area contributed by atoms with Gasteiger partial charge < -0.3 is 11.1 Å². The van der Waals surface area contributed by atoms with Crippen LogP contribution >= 0.6 is 12.4 Å². The van der Waals surface area contributed by atoms with E-state index in [1.165, 1.54) is 6.07 Å². The third-order valence-electron chi connectivity index (χ3n) is 2.93. The normalized spacial score (nSPS) is 11.5. The molecule has 1 rings (SSSR count). The Kier molecular flexibility index (Phi) is 9.17. The second kappa shape index (κ2) is 9.75. The van der Waals surface area contributed by atoms with Crippen molar-refractivity contribution in [3.63, 3.8) is 0 Å². The van der Waals surface area contributed by atoms with Gasteiger partial charge in [-0.3, -0.25) is 4.79 Å². The molecule has 1 amide bonds. The Hall–Kier alpha value is -1.13. The summed E-state index contributed by atoms with van der Waals surface area (Å²) in [6.07, 6.45) is 2.01. The van der Waals surface area contributed by atoms with Crippen molar-refractivity contribution >= 4 is 18.3 Å². The summed E-state index contributed by atoms with van der Waals surface area (Å²) >= 11 is 0. The van der Waals surface area contributed by atoms with E-state index in [0.29, 0.717) is 31.5 Å². The monoisotopic (exact) mass is 288 g/mol. The van der Waals surface area contributed by atoms with Gasteiger partial charge in [-0.05, 0) is 37.4 Å². The minimum Gasteiger partial charge on any atom is -0.356 e. The average molecular weight is 289 g/mol. The highest BCUT2D eigenvalue weighted by Crippen LogP contribution is 2.13. The Morgan fingerprint density at radius 2 is 2.11 bits per heavy atom. The highest BCUT2D eigenvalue weighted by atomic mass is 35.5. The minimum atomic E-state index is -0.201. The molecule has 0 saturated carbocycles.